The van der Waals surface area contributed by atoms with E-state index in [2.05, 4.69) is 16.8 Å². The van der Waals surface area contributed by atoms with E-state index in [1.165, 1.54) is 6.42 Å². The van der Waals surface area contributed by atoms with Crippen LogP contribution in [0.5, 0.6) is 0 Å². The summed E-state index contributed by atoms with van der Waals surface area (Å²) in [6, 6.07) is 6.32. The van der Waals surface area contributed by atoms with Gasteiger partial charge in [-0.25, -0.2) is 9.59 Å². The van der Waals surface area contributed by atoms with Gasteiger partial charge in [-0.2, -0.15) is 0 Å². The fourth-order valence-corrected chi connectivity index (χ4v) is 4.16. The molecule has 0 radical (unpaired) electrons. The molecule has 1 N–H and O–H groups in total. The highest BCUT2D eigenvalue weighted by atomic mass is 35.5. The molecule has 29 heavy (non-hydrogen) atoms. The van der Waals surface area contributed by atoms with E-state index in [1.807, 2.05) is 18.2 Å². The lowest BCUT2D eigenvalue weighted by molar-refractivity contribution is -0.139. The Morgan fingerprint density at radius 2 is 2.03 bits per heavy atom. The van der Waals surface area contributed by atoms with Crippen LogP contribution in [-0.2, 0) is 9.53 Å². The highest BCUT2D eigenvalue weighted by Crippen LogP contribution is 2.35. The Hall–Kier alpha value is -2.31. The van der Waals surface area contributed by atoms with Crippen molar-refractivity contribution in [3.63, 3.8) is 0 Å². The van der Waals surface area contributed by atoms with Crippen molar-refractivity contribution in [3.8, 4) is 0 Å². The number of nitrogens with zero attached hydrogens (tertiary/aromatic N) is 2. The number of rotatable bonds is 7. The smallest absolute Gasteiger partial charge is 0.338 e. The average Bonchev–Trinajstić information content (AvgIpc) is 2.71. The van der Waals surface area contributed by atoms with Crippen molar-refractivity contribution in [2.45, 2.75) is 32.2 Å². The molecule has 0 bridgehead atoms. The molecule has 156 valence electrons. The van der Waals surface area contributed by atoms with E-state index in [0.29, 0.717) is 34.9 Å². The number of carbonyl (C=O) groups excluding carboxylic acids is 2. The number of carbonyl (C=O) groups is 2. The Bertz CT molecular complexity index is 802. The molecule has 7 heteroatoms. The van der Waals surface area contributed by atoms with Crippen LogP contribution in [0.15, 0.2) is 48.2 Å². The van der Waals surface area contributed by atoms with E-state index in [9.17, 15) is 9.59 Å². The first-order valence-electron chi connectivity index (χ1n) is 10.1. The van der Waals surface area contributed by atoms with Gasteiger partial charge in [-0.1, -0.05) is 42.3 Å². The first-order chi connectivity index (χ1) is 14.1. The second-order valence-corrected chi connectivity index (χ2v) is 7.63. The molecule has 1 saturated heterocycles. The van der Waals surface area contributed by atoms with Gasteiger partial charge in [0.05, 0.1) is 18.2 Å². The van der Waals surface area contributed by atoms with Crippen LogP contribution in [0.25, 0.3) is 0 Å². The molecule has 2 aliphatic rings. The monoisotopic (exact) mass is 417 g/mol. The summed E-state index contributed by atoms with van der Waals surface area (Å²) < 4.78 is 5.39. The lowest BCUT2D eigenvalue weighted by Crippen LogP contribution is -2.51. The zero-order valence-electron chi connectivity index (χ0n) is 16.8. The highest BCUT2D eigenvalue weighted by molar-refractivity contribution is 6.31. The van der Waals surface area contributed by atoms with Crippen LogP contribution in [0.4, 0.5) is 4.79 Å². The molecule has 0 spiro atoms. The van der Waals surface area contributed by atoms with Gasteiger partial charge in [-0.15, -0.1) is 6.58 Å². The van der Waals surface area contributed by atoms with E-state index in [4.69, 9.17) is 16.3 Å². The molecule has 1 atom stereocenters. The van der Waals surface area contributed by atoms with Crippen LogP contribution in [0.2, 0.25) is 5.02 Å². The van der Waals surface area contributed by atoms with Crippen molar-refractivity contribution < 1.29 is 14.3 Å². The van der Waals surface area contributed by atoms with Gasteiger partial charge >= 0.3 is 12.0 Å². The van der Waals surface area contributed by atoms with E-state index in [-0.39, 0.29) is 12.6 Å². The Balaban J connectivity index is 2.11. The lowest BCUT2D eigenvalue weighted by Gasteiger charge is -2.39. The minimum Gasteiger partial charge on any atom is -0.463 e. The van der Waals surface area contributed by atoms with E-state index >= 15 is 0 Å². The minimum absolute atomic E-state index is 0.254. The van der Waals surface area contributed by atoms with Crippen molar-refractivity contribution in [1.29, 1.82) is 0 Å². The molecule has 1 unspecified atom stereocenters. The lowest BCUT2D eigenvalue weighted by atomic mass is 9.93. The van der Waals surface area contributed by atoms with Crippen molar-refractivity contribution in [3.05, 3.63) is 58.8 Å². The topological polar surface area (TPSA) is 61.9 Å². The number of amides is 2. The maximum absolute atomic E-state index is 13.1. The van der Waals surface area contributed by atoms with Gasteiger partial charge in [0.25, 0.3) is 0 Å². The predicted octanol–water partition coefficient (Wildman–Crippen LogP) is 3.90. The fourth-order valence-electron chi connectivity index (χ4n) is 3.92. The van der Waals surface area contributed by atoms with Crippen LogP contribution in [0.1, 0.15) is 37.8 Å². The second kappa shape index (κ2) is 9.94. The summed E-state index contributed by atoms with van der Waals surface area (Å²) in [5, 5.41) is 3.44. The van der Waals surface area contributed by atoms with E-state index in [0.717, 1.165) is 25.9 Å². The summed E-state index contributed by atoms with van der Waals surface area (Å²) in [4.78, 5) is 29.9. The first-order valence-corrected chi connectivity index (χ1v) is 10.5. The largest absolute Gasteiger partial charge is 0.463 e. The molecule has 2 amide bonds. The normalized spacial score (nSPS) is 20.4. The summed E-state index contributed by atoms with van der Waals surface area (Å²) in [6.07, 6.45) is 5.10. The number of esters is 1. The molecule has 2 heterocycles. The summed E-state index contributed by atoms with van der Waals surface area (Å²) in [7, 11) is 0. The van der Waals surface area contributed by atoms with Crippen molar-refractivity contribution in [1.82, 2.24) is 15.1 Å². The zero-order chi connectivity index (χ0) is 20.8. The maximum Gasteiger partial charge on any atom is 0.338 e. The second-order valence-electron chi connectivity index (χ2n) is 7.22. The van der Waals surface area contributed by atoms with Crippen LogP contribution in [0, 0.1) is 0 Å². The van der Waals surface area contributed by atoms with Crippen LogP contribution < -0.4 is 5.32 Å². The quantitative estimate of drug-likeness (QED) is 0.540. The molecule has 6 nitrogen and oxygen atoms in total. The van der Waals surface area contributed by atoms with Gasteiger partial charge in [0.2, 0.25) is 0 Å². The van der Waals surface area contributed by atoms with Crippen LogP contribution in [-0.4, -0.2) is 54.6 Å². The van der Waals surface area contributed by atoms with Gasteiger partial charge in [-0.3, -0.25) is 9.80 Å². The summed E-state index contributed by atoms with van der Waals surface area (Å²) in [5.41, 5.74) is 1.78. The number of halogens is 1. The number of urea groups is 1. The van der Waals surface area contributed by atoms with Crippen molar-refractivity contribution in [2.75, 3.05) is 32.8 Å². The van der Waals surface area contributed by atoms with E-state index in [1.54, 1.807) is 24.0 Å². The Labute approximate surface area is 177 Å². The average molecular weight is 418 g/mol. The first kappa shape index (κ1) is 21.4. The molecule has 2 aliphatic heterocycles. The number of likely N-dealkylation sites (tertiary alicyclic amines) is 1. The van der Waals surface area contributed by atoms with E-state index < -0.39 is 12.0 Å². The van der Waals surface area contributed by atoms with Crippen LogP contribution in [0.3, 0.4) is 0 Å². The number of benzene rings is 1. The van der Waals surface area contributed by atoms with Gasteiger partial charge in [0.15, 0.2) is 0 Å². The molecule has 0 saturated carbocycles. The molecule has 1 aromatic rings. The number of ether oxygens (including phenoxy) is 1. The summed E-state index contributed by atoms with van der Waals surface area (Å²) in [5.74, 6) is -0.432. The SMILES string of the molecule is C=CCN1C(=O)NC(c2ccccc2Cl)C(C(=O)OCC)=C1CN1CCCCC1. The molecule has 1 fully saturated rings. The van der Waals surface area contributed by atoms with Crippen molar-refractivity contribution >= 4 is 23.6 Å². The van der Waals surface area contributed by atoms with Crippen molar-refractivity contribution in [2.24, 2.45) is 0 Å². The maximum atomic E-state index is 13.1. The predicted molar refractivity (Wildman–Crippen MR) is 114 cm³/mol. The Kier molecular flexibility index (Phi) is 7.34. The molecule has 3 rings (SSSR count). The highest BCUT2D eigenvalue weighted by Gasteiger charge is 2.39. The Morgan fingerprint density at radius 3 is 2.69 bits per heavy atom. The summed E-state index contributed by atoms with van der Waals surface area (Å²) in [6.45, 7) is 8.51. The van der Waals surface area contributed by atoms with Gasteiger partial charge in [-0.05, 0) is 44.5 Å². The number of hydrogen-bond acceptors (Lipinski definition) is 4. The molecule has 0 aliphatic carbocycles. The minimum atomic E-state index is -0.656. The molecular formula is C22H28ClN3O3. The third kappa shape index (κ3) is 4.82. The molecule has 0 aromatic heterocycles. The third-order valence-electron chi connectivity index (χ3n) is 5.28. The molecular weight excluding hydrogens is 390 g/mol. The number of nitrogens with one attached hydrogen (secondary N) is 1. The number of hydrogen-bond donors (Lipinski definition) is 1. The van der Waals surface area contributed by atoms with Gasteiger partial charge < -0.3 is 10.1 Å². The van der Waals surface area contributed by atoms with Crippen LogP contribution >= 0.6 is 11.6 Å². The van der Waals surface area contributed by atoms with Gasteiger partial charge in [0, 0.05) is 23.8 Å². The third-order valence-corrected chi connectivity index (χ3v) is 5.63. The standard InChI is InChI=1S/C22H28ClN3O3/c1-3-12-26-18(15-25-13-8-5-9-14-25)19(21(27)29-4-2)20(24-22(26)28)16-10-6-7-11-17(16)23/h3,6-7,10-11,20H,1,4-5,8-9,12-15H2,2H3,(H,24,28). The molecule has 1 aromatic carbocycles. The summed E-state index contributed by atoms with van der Waals surface area (Å²) >= 11 is 6.42. The fraction of sp³-hybridized carbons (Fsp3) is 0.455. The zero-order valence-corrected chi connectivity index (χ0v) is 17.6. The number of piperidine rings is 1. The Morgan fingerprint density at radius 1 is 1.31 bits per heavy atom. The van der Waals surface area contributed by atoms with Gasteiger partial charge in [0.1, 0.15) is 0 Å².